The monoisotopic (exact) mass is 464 g/mol. The summed E-state index contributed by atoms with van der Waals surface area (Å²) in [6.07, 6.45) is 14.1. The van der Waals surface area contributed by atoms with E-state index in [2.05, 4.69) is 90.6 Å². The van der Waals surface area contributed by atoms with E-state index in [1.165, 1.54) is 19.3 Å². The number of esters is 1. The van der Waals surface area contributed by atoms with Crippen molar-refractivity contribution in [3.8, 4) is 46.6 Å². The molecule has 0 amide bonds. The van der Waals surface area contributed by atoms with Crippen LogP contribution in [0.25, 0.3) is 0 Å². The number of unbranched alkanes of at least 4 members (excludes halogenated alkanes) is 2. The fraction of sp³-hybridized carbons (Fsp3) is 0.407. The van der Waals surface area contributed by atoms with Crippen LogP contribution >= 0.6 is 0 Å². The maximum atomic E-state index is 10.7. The first-order valence-corrected chi connectivity index (χ1v) is 17.5. The van der Waals surface area contributed by atoms with Crippen molar-refractivity contribution in [2.24, 2.45) is 0 Å². The van der Waals surface area contributed by atoms with E-state index in [-0.39, 0.29) is 5.97 Å². The summed E-state index contributed by atoms with van der Waals surface area (Å²) in [6.45, 7) is 13.1. The molecule has 0 aromatic rings. The van der Waals surface area contributed by atoms with E-state index in [0.29, 0.717) is 0 Å². The predicted molar refractivity (Wildman–Crippen MR) is 142 cm³/mol. The lowest BCUT2D eigenvalue weighted by atomic mass is 10.3. The molecule has 0 N–H and O–H groups in total. The molecule has 0 rings (SSSR count). The Morgan fingerprint density at radius 3 is 1.62 bits per heavy atom. The van der Waals surface area contributed by atoms with Gasteiger partial charge in [0.15, 0.2) is 0 Å². The Balaban J connectivity index is 0. The van der Waals surface area contributed by atoms with Gasteiger partial charge in [-0.3, -0.25) is 4.79 Å². The Kier molecular flexibility index (Phi) is 19.5. The van der Waals surface area contributed by atoms with Crippen LogP contribution < -0.4 is 0 Å². The molecule has 0 aliphatic rings. The summed E-state index contributed by atoms with van der Waals surface area (Å²) in [4.78, 5) is 20.6. The van der Waals surface area contributed by atoms with Crippen LogP contribution in [-0.2, 0) is 14.3 Å². The molecule has 0 aliphatic heterocycles. The zero-order valence-corrected chi connectivity index (χ0v) is 22.6. The first-order valence-electron chi connectivity index (χ1n) is 10.5. The van der Waals surface area contributed by atoms with E-state index in [0.717, 1.165) is 32.0 Å². The van der Waals surface area contributed by atoms with Crippen molar-refractivity contribution in [1.29, 1.82) is 0 Å². The second-order valence-electron chi connectivity index (χ2n) is 8.56. The van der Waals surface area contributed by atoms with E-state index < -0.39 is 16.1 Å². The highest BCUT2D eigenvalue weighted by Crippen LogP contribution is 1.96. The largest absolute Gasteiger partial charge is 0.466 e. The van der Waals surface area contributed by atoms with Gasteiger partial charge < -0.3 is 4.74 Å². The average Bonchev–Trinajstić information content (AvgIpc) is 2.70. The maximum absolute atomic E-state index is 10.7. The quantitative estimate of drug-likeness (QED) is 0.0971. The molecule has 3 nitrogen and oxygen atoms in total. The van der Waals surface area contributed by atoms with E-state index in [1.807, 2.05) is 18.2 Å². The zero-order valence-electron chi connectivity index (χ0n) is 20.6. The van der Waals surface area contributed by atoms with Gasteiger partial charge in [-0.1, -0.05) is 75.4 Å². The second kappa shape index (κ2) is 20.0. The number of carbonyl (C=O) groups is 2. The molecular weight excluding hydrogens is 428 g/mol. The molecule has 0 radical (unpaired) electrons. The van der Waals surface area contributed by atoms with Crippen LogP contribution in [0.1, 0.15) is 25.7 Å². The highest BCUT2D eigenvalue weighted by atomic mass is 28.3. The minimum atomic E-state index is -1.29. The molecule has 0 aliphatic carbocycles. The van der Waals surface area contributed by atoms with Gasteiger partial charge in [-0.25, -0.2) is 4.79 Å². The van der Waals surface area contributed by atoms with Gasteiger partial charge in [-0.05, 0) is 42.6 Å². The Morgan fingerprint density at radius 2 is 1.22 bits per heavy atom. The van der Waals surface area contributed by atoms with Crippen LogP contribution in [0.4, 0.5) is 0 Å². The molecular formula is C27H36O3Si2. The number of allylic oxidation sites excluding steroid dienone is 5. The fourth-order valence-corrected chi connectivity index (χ4v) is 2.37. The molecule has 0 atom stereocenters. The Bertz CT molecular complexity index is 896. The van der Waals surface area contributed by atoms with Crippen molar-refractivity contribution in [2.75, 3.05) is 7.11 Å². The van der Waals surface area contributed by atoms with Gasteiger partial charge in [0.1, 0.15) is 22.4 Å². The highest BCUT2D eigenvalue weighted by molar-refractivity contribution is 6.84. The van der Waals surface area contributed by atoms with Crippen molar-refractivity contribution in [1.82, 2.24) is 0 Å². The number of ether oxygens (including phenoxy) is 1. The standard InChI is InChI=1S/C15H20O2Si.C12H16OSi/c1-17-15(16)13-11-9-7-5-6-8-10-12-14-18(2,3)4;1-14(2,3)12-10-8-6-4-5-7-9-11-13/h7,9,11,13H,5-6H2,1-4H3;7,9,11H,4-5H2,1-3H3/b9-7+,13-11+;9-7+. The molecule has 170 valence electrons. The molecule has 0 fully saturated rings. The molecule has 32 heavy (non-hydrogen) atoms. The average molecular weight is 465 g/mol. The smallest absolute Gasteiger partial charge is 0.330 e. The fourth-order valence-electron chi connectivity index (χ4n) is 1.49. The Hall–Kier alpha value is -2.97. The highest BCUT2D eigenvalue weighted by Gasteiger charge is 2.07. The Labute approximate surface area is 197 Å². The van der Waals surface area contributed by atoms with Crippen LogP contribution in [-0.4, -0.2) is 35.5 Å². The third-order valence-corrected chi connectivity index (χ3v) is 4.69. The number of hydrogen-bond donors (Lipinski definition) is 0. The molecule has 0 heterocycles. The van der Waals surface area contributed by atoms with E-state index >= 15 is 0 Å². The van der Waals surface area contributed by atoms with E-state index in [9.17, 15) is 9.59 Å². The molecule has 5 heteroatoms. The number of rotatable bonds is 7. The predicted octanol–water partition coefficient (Wildman–Crippen LogP) is 5.34. The first kappa shape index (κ1) is 31.2. The van der Waals surface area contributed by atoms with Gasteiger partial charge in [-0.15, -0.1) is 11.1 Å². The van der Waals surface area contributed by atoms with Crippen molar-refractivity contribution in [3.05, 3.63) is 36.5 Å². The molecule has 0 bridgehead atoms. The lowest BCUT2D eigenvalue weighted by Gasteiger charge is -2.01. The normalized spacial score (nSPS) is 10.3. The number of hydrogen-bond acceptors (Lipinski definition) is 3. The minimum absolute atomic E-state index is 0.346. The summed E-state index contributed by atoms with van der Waals surface area (Å²) in [5.41, 5.74) is 6.35. The SMILES string of the molecule is COC(=O)/C=C/C=C/CCC#CC#C[Si](C)(C)C.C[Si](C)(C)C#CC#CCC/C=C/C=O. The van der Waals surface area contributed by atoms with Gasteiger partial charge >= 0.3 is 5.97 Å². The molecule has 0 spiro atoms. The van der Waals surface area contributed by atoms with Crippen molar-refractivity contribution in [3.63, 3.8) is 0 Å². The number of methoxy groups -OCH3 is 1. The van der Waals surface area contributed by atoms with Crippen LogP contribution in [0.2, 0.25) is 39.3 Å². The van der Waals surface area contributed by atoms with Gasteiger partial charge in [0.25, 0.3) is 0 Å². The van der Waals surface area contributed by atoms with Crippen molar-refractivity contribution >= 4 is 28.4 Å². The summed E-state index contributed by atoms with van der Waals surface area (Å²) >= 11 is 0. The van der Waals surface area contributed by atoms with Gasteiger partial charge in [0, 0.05) is 18.9 Å². The molecule has 0 saturated heterocycles. The molecule has 0 unspecified atom stereocenters. The lowest BCUT2D eigenvalue weighted by molar-refractivity contribution is -0.134. The Morgan fingerprint density at radius 1 is 0.750 bits per heavy atom. The van der Waals surface area contributed by atoms with Crippen molar-refractivity contribution in [2.45, 2.75) is 65.0 Å². The van der Waals surface area contributed by atoms with Gasteiger partial charge in [-0.2, -0.15) is 0 Å². The van der Waals surface area contributed by atoms with Crippen LogP contribution in [0.15, 0.2) is 36.5 Å². The van der Waals surface area contributed by atoms with Crippen LogP contribution in [0.5, 0.6) is 0 Å². The summed E-state index contributed by atoms with van der Waals surface area (Å²) < 4.78 is 4.46. The number of carbonyl (C=O) groups excluding carboxylic acids is 2. The summed E-state index contributed by atoms with van der Waals surface area (Å²) in [5.74, 6) is 17.1. The van der Waals surface area contributed by atoms with Gasteiger partial charge in [0.05, 0.1) is 7.11 Å². The summed E-state index contributed by atoms with van der Waals surface area (Å²) in [5, 5.41) is 0. The summed E-state index contributed by atoms with van der Waals surface area (Å²) in [6, 6.07) is 0. The van der Waals surface area contributed by atoms with Crippen LogP contribution in [0.3, 0.4) is 0 Å². The molecule has 0 aromatic carbocycles. The first-order chi connectivity index (χ1) is 15.0. The van der Waals surface area contributed by atoms with Crippen LogP contribution in [0, 0.1) is 46.6 Å². The zero-order chi connectivity index (χ0) is 24.7. The number of aldehydes is 1. The lowest BCUT2D eigenvalue weighted by Crippen LogP contribution is -2.16. The second-order valence-corrected chi connectivity index (χ2v) is 18.1. The third kappa shape index (κ3) is 31.7. The third-order valence-electron chi connectivity index (χ3n) is 2.94. The maximum Gasteiger partial charge on any atom is 0.330 e. The molecule has 0 aromatic heterocycles. The van der Waals surface area contributed by atoms with Gasteiger partial charge in [0.2, 0.25) is 0 Å². The van der Waals surface area contributed by atoms with E-state index in [1.54, 1.807) is 6.08 Å². The minimum Gasteiger partial charge on any atom is -0.466 e. The molecule has 0 saturated carbocycles. The topological polar surface area (TPSA) is 43.4 Å². The summed E-state index contributed by atoms with van der Waals surface area (Å²) in [7, 11) is -1.20. The van der Waals surface area contributed by atoms with E-state index in [4.69, 9.17) is 0 Å². The van der Waals surface area contributed by atoms with Crippen molar-refractivity contribution < 1.29 is 14.3 Å².